The molecule has 1 amide bonds. The summed E-state index contributed by atoms with van der Waals surface area (Å²) in [4.78, 5) is 15.6. The van der Waals surface area contributed by atoms with Gasteiger partial charge in [-0.3, -0.25) is 4.79 Å². The first kappa shape index (κ1) is 12.2. The molecule has 2 atom stereocenters. The molecule has 3 heterocycles. The van der Waals surface area contributed by atoms with E-state index >= 15 is 0 Å². The van der Waals surface area contributed by atoms with Gasteiger partial charge in [0.1, 0.15) is 0 Å². The third-order valence-corrected chi connectivity index (χ3v) is 5.07. The minimum absolute atomic E-state index is 0.362. The molecular weight excluding hydrogens is 244 g/mol. The highest BCUT2D eigenvalue weighted by Crippen LogP contribution is 2.26. The van der Waals surface area contributed by atoms with E-state index < -0.39 is 0 Å². The molecule has 0 bridgehead atoms. The molecule has 2 saturated heterocycles. The molecule has 2 unspecified atom stereocenters. The molecule has 2 aliphatic heterocycles. The molecule has 0 saturated carbocycles. The Morgan fingerprint density at radius 1 is 1.39 bits per heavy atom. The van der Waals surface area contributed by atoms with Crippen molar-refractivity contribution in [3.63, 3.8) is 0 Å². The van der Waals surface area contributed by atoms with Crippen LogP contribution in [0.15, 0.2) is 17.5 Å². The molecule has 4 heteroatoms. The van der Waals surface area contributed by atoms with Crippen LogP contribution in [0.25, 0.3) is 0 Å². The van der Waals surface area contributed by atoms with Crippen molar-refractivity contribution in [1.29, 1.82) is 0 Å². The van der Waals surface area contributed by atoms with Gasteiger partial charge in [-0.2, -0.15) is 0 Å². The lowest BCUT2D eigenvalue weighted by atomic mass is 10.0. The van der Waals surface area contributed by atoms with Crippen molar-refractivity contribution in [3.8, 4) is 0 Å². The highest BCUT2D eigenvalue weighted by Gasteiger charge is 2.37. The average Bonchev–Trinajstić information content (AvgIpc) is 3.04. The summed E-state index contributed by atoms with van der Waals surface area (Å²) in [7, 11) is 0. The highest BCUT2D eigenvalue weighted by atomic mass is 32.1. The number of aryl methyl sites for hydroxylation is 1. The van der Waals surface area contributed by atoms with Gasteiger partial charge in [-0.25, -0.2) is 0 Å². The summed E-state index contributed by atoms with van der Waals surface area (Å²) in [6.45, 7) is 4.16. The van der Waals surface area contributed by atoms with Crippen LogP contribution in [0.5, 0.6) is 0 Å². The molecule has 0 aromatic carbocycles. The van der Waals surface area contributed by atoms with E-state index in [1.807, 2.05) is 0 Å². The van der Waals surface area contributed by atoms with Gasteiger partial charge in [0.15, 0.2) is 0 Å². The Labute approximate surface area is 112 Å². The summed E-state index contributed by atoms with van der Waals surface area (Å²) in [5, 5.41) is 5.51. The fourth-order valence-corrected chi connectivity index (χ4v) is 3.84. The number of amides is 1. The van der Waals surface area contributed by atoms with Crippen molar-refractivity contribution in [2.24, 2.45) is 11.8 Å². The number of rotatable bonds is 4. The first-order valence-electron chi connectivity index (χ1n) is 6.84. The Bertz CT molecular complexity index is 392. The number of nitrogens with one attached hydrogen (secondary N) is 1. The molecule has 1 aromatic rings. The molecule has 3 nitrogen and oxygen atoms in total. The Balaban J connectivity index is 1.42. The van der Waals surface area contributed by atoms with E-state index in [1.54, 1.807) is 11.3 Å². The number of hydrogen-bond acceptors (Lipinski definition) is 3. The van der Waals surface area contributed by atoms with Gasteiger partial charge < -0.3 is 10.2 Å². The fraction of sp³-hybridized carbons (Fsp3) is 0.643. The smallest absolute Gasteiger partial charge is 0.222 e. The molecule has 0 spiro atoms. The van der Waals surface area contributed by atoms with Gasteiger partial charge >= 0.3 is 0 Å². The lowest BCUT2D eigenvalue weighted by molar-refractivity contribution is -0.130. The molecule has 1 aromatic heterocycles. The zero-order valence-electron chi connectivity index (χ0n) is 10.6. The summed E-state index contributed by atoms with van der Waals surface area (Å²) in [6, 6.07) is 4.23. The molecule has 98 valence electrons. The Morgan fingerprint density at radius 3 is 2.83 bits per heavy atom. The molecule has 1 N–H and O–H groups in total. The van der Waals surface area contributed by atoms with Crippen molar-refractivity contribution in [3.05, 3.63) is 22.4 Å². The summed E-state index contributed by atoms with van der Waals surface area (Å²) in [6.07, 6.45) is 2.75. The second kappa shape index (κ2) is 5.41. The van der Waals surface area contributed by atoms with E-state index in [0.29, 0.717) is 24.2 Å². The number of carbonyl (C=O) groups is 1. The van der Waals surface area contributed by atoms with Crippen molar-refractivity contribution in [2.45, 2.75) is 19.3 Å². The van der Waals surface area contributed by atoms with Crippen LogP contribution >= 0.6 is 11.3 Å². The number of thiophene rings is 1. The Hall–Kier alpha value is -0.870. The second-order valence-electron chi connectivity index (χ2n) is 5.41. The van der Waals surface area contributed by atoms with Gasteiger partial charge in [0.2, 0.25) is 5.91 Å². The van der Waals surface area contributed by atoms with E-state index in [9.17, 15) is 4.79 Å². The Kier molecular flexibility index (Phi) is 3.66. The maximum absolute atomic E-state index is 12.1. The van der Waals surface area contributed by atoms with Crippen molar-refractivity contribution >= 4 is 17.2 Å². The van der Waals surface area contributed by atoms with Gasteiger partial charge in [0, 0.05) is 37.5 Å². The first-order valence-corrected chi connectivity index (χ1v) is 7.72. The zero-order chi connectivity index (χ0) is 12.4. The predicted octanol–water partition coefficient (Wildman–Crippen LogP) is 1.75. The monoisotopic (exact) mass is 264 g/mol. The van der Waals surface area contributed by atoms with E-state index in [0.717, 1.165) is 39.0 Å². The van der Waals surface area contributed by atoms with Gasteiger partial charge in [0.25, 0.3) is 0 Å². The van der Waals surface area contributed by atoms with Crippen LogP contribution in [0, 0.1) is 11.8 Å². The predicted molar refractivity (Wildman–Crippen MR) is 73.7 cm³/mol. The summed E-state index contributed by atoms with van der Waals surface area (Å²) >= 11 is 1.79. The number of nitrogens with zero attached hydrogens (tertiary/aromatic N) is 1. The van der Waals surface area contributed by atoms with E-state index in [4.69, 9.17) is 0 Å². The second-order valence-corrected chi connectivity index (χ2v) is 6.44. The highest BCUT2D eigenvalue weighted by molar-refractivity contribution is 7.09. The normalized spacial score (nSPS) is 26.6. The summed E-state index contributed by atoms with van der Waals surface area (Å²) < 4.78 is 0. The number of likely N-dealkylation sites (tertiary alicyclic amines) is 1. The maximum atomic E-state index is 12.1. The van der Waals surface area contributed by atoms with Crippen molar-refractivity contribution < 1.29 is 4.79 Å². The largest absolute Gasteiger partial charge is 0.342 e. The molecule has 0 radical (unpaired) electrons. The Morgan fingerprint density at radius 2 is 2.17 bits per heavy atom. The number of carbonyl (C=O) groups excluding carboxylic acids is 1. The van der Waals surface area contributed by atoms with Crippen LogP contribution in [0.1, 0.15) is 17.7 Å². The topological polar surface area (TPSA) is 32.3 Å². The van der Waals surface area contributed by atoms with Gasteiger partial charge in [0.05, 0.1) is 0 Å². The van der Waals surface area contributed by atoms with E-state index in [2.05, 4.69) is 27.7 Å². The first-order chi connectivity index (χ1) is 8.83. The molecule has 18 heavy (non-hydrogen) atoms. The molecule has 2 fully saturated rings. The quantitative estimate of drug-likeness (QED) is 0.898. The maximum Gasteiger partial charge on any atom is 0.222 e. The molecule has 2 aliphatic rings. The van der Waals surface area contributed by atoms with Crippen LogP contribution in [-0.2, 0) is 11.2 Å². The standard InChI is InChI=1S/C14H20N2OS/c17-14(5-1-3-13-4-2-6-18-13)16-9-11-7-15-8-12(11)10-16/h2,4,6,11-12,15H,1,3,5,7-10H2. The SMILES string of the molecule is O=C(CCCc1cccs1)N1CC2CNCC2C1. The van der Waals surface area contributed by atoms with Crippen LogP contribution in [0.4, 0.5) is 0 Å². The lowest BCUT2D eigenvalue weighted by Gasteiger charge is -2.17. The molecule has 3 rings (SSSR count). The van der Waals surface area contributed by atoms with Crippen LogP contribution < -0.4 is 5.32 Å². The molecular formula is C14H20N2OS. The lowest BCUT2D eigenvalue weighted by Crippen LogP contribution is -2.31. The third kappa shape index (κ3) is 2.59. The third-order valence-electron chi connectivity index (χ3n) is 4.14. The van der Waals surface area contributed by atoms with Crippen LogP contribution in [-0.4, -0.2) is 37.0 Å². The van der Waals surface area contributed by atoms with Crippen LogP contribution in [0.2, 0.25) is 0 Å². The zero-order valence-corrected chi connectivity index (χ0v) is 11.4. The fourth-order valence-electron chi connectivity index (χ4n) is 3.09. The molecule has 0 aliphatic carbocycles. The average molecular weight is 264 g/mol. The van der Waals surface area contributed by atoms with Crippen molar-refractivity contribution in [2.75, 3.05) is 26.2 Å². The van der Waals surface area contributed by atoms with Crippen LogP contribution in [0.3, 0.4) is 0 Å². The van der Waals surface area contributed by atoms with Crippen molar-refractivity contribution in [1.82, 2.24) is 10.2 Å². The number of hydrogen-bond donors (Lipinski definition) is 1. The van der Waals surface area contributed by atoms with Gasteiger partial charge in [-0.1, -0.05) is 6.07 Å². The van der Waals surface area contributed by atoms with Gasteiger partial charge in [-0.05, 0) is 36.1 Å². The van der Waals surface area contributed by atoms with E-state index in [-0.39, 0.29) is 0 Å². The number of fused-ring (bicyclic) bond motifs is 1. The summed E-state index contributed by atoms with van der Waals surface area (Å²) in [5.41, 5.74) is 0. The minimum Gasteiger partial charge on any atom is -0.342 e. The summed E-state index contributed by atoms with van der Waals surface area (Å²) in [5.74, 6) is 1.79. The minimum atomic E-state index is 0.362. The van der Waals surface area contributed by atoms with Gasteiger partial charge in [-0.15, -0.1) is 11.3 Å². The van der Waals surface area contributed by atoms with E-state index in [1.165, 1.54) is 4.88 Å².